The van der Waals surface area contributed by atoms with E-state index in [1.165, 1.54) is 17.7 Å². The van der Waals surface area contributed by atoms with Crippen molar-refractivity contribution in [3.05, 3.63) is 71.8 Å². The van der Waals surface area contributed by atoms with E-state index in [4.69, 9.17) is 20.4 Å². The molecule has 5 rings (SSSR count). The molecule has 0 fully saturated rings. The number of hydrogen-bond acceptors (Lipinski definition) is 6. The zero-order valence-electron chi connectivity index (χ0n) is 22.8. The maximum absolute atomic E-state index is 12.7. The van der Waals surface area contributed by atoms with Crippen LogP contribution in [-0.4, -0.2) is 44.1 Å². The lowest BCUT2D eigenvalue weighted by Gasteiger charge is -2.35. The van der Waals surface area contributed by atoms with Crippen LogP contribution >= 0.6 is 0 Å². The summed E-state index contributed by atoms with van der Waals surface area (Å²) in [5.41, 5.74) is 10.9. The third-order valence-corrected chi connectivity index (χ3v) is 7.29. The number of benzene rings is 1. The van der Waals surface area contributed by atoms with Crippen LogP contribution in [0.1, 0.15) is 69.4 Å². The van der Waals surface area contributed by atoms with E-state index in [-0.39, 0.29) is 18.6 Å². The molecule has 38 heavy (non-hydrogen) atoms. The zero-order chi connectivity index (χ0) is 26.7. The number of carbonyl (C=O) groups is 1. The Morgan fingerprint density at radius 2 is 1.95 bits per heavy atom. The van der Waals surface area contributed by atoms with E-state index in [0.29, 0.717) is 6.54 Å². The summed E-state index contributed by atoms with van der Waals surface area (Å²) >= 11 is 0. The lowest BCUT2D eigenvalue weighted by molar-refractivity contribution is -0.155. The van der Waals surface area contributed by atoms with Gasteiger partial charge in [0.2, 0.25) is 0 Å². The Morgan fingerprint density at radius 3 is 2.76 bits per heavy atom. The van der Waals surface area contributed by atoms with Gasteiger partial charge >= 0.3 is 5.97 Å². The Hall–Kier alpha value is -3.29. The molecule has 1 aromatic carbocycles. The number of para-hydroxylation sites is 1. The molecule has 0 spiro atoms. The van der Waals surface area contributed by atoms with Crippen LogP contribution in [0.25, 0.3) is 21.8 Å². The van der Waals surface area contributed by atoms with E-state index in [1.807, 2.05) is 55.9 Å². The normalized spacial score (nSPS) is 15.8. The molecule has 1 atom stereocenters. The molecule has 0 saturated carbocycles. The van der Waals surface area contributed by atoms with E-state index in [0.717, 1.165) is 66.3 Å². The van der Waals surface area contributed by atoms with Crippen molar-refractivity contribution in [3.63, 3.8) is 0 Å². The van der Waals surface area contributed by atoms with Gasteiger partial charge in [0.1, 0.15) is 12.1 Å². The number of nitrogens with two attached hydrogens (primary N) is 1. The number of pyridine rings is 2. The summed E-state index contributed by atoms with van der Waals surface area (Å²) in [7, 11) is 0. The Kier molecular flexibility index (Phi) is 7.77. The van der Waals surface area contributed by atoms with E-state index in [2.05, 4.69) is 29.2 Å². The second kappa shape index (κ2) is 11.2. The topological polar surface area (TPSA) is 86.3 Å². The number of unbranched alkanes of at least 4 members (excludes halogenated alkanes) is 1. The molecule has 7 heteroatoms. The lowest BCUT2D eigenvalue weighted by atomic mass is 9.90. The maximum atomic E-state index is 12.7. The molecule has 4 aromatic rings. The van der Waals surface area contributed by atoms with Crippen LogP contribution in [0.3, 0.4) is 0 Å². The van der Waals surface area contributed by atoms with Gasteiger partial charge in [0, 0.05) is 29.0 Å². The third-order valence-electron chi connectivity index (χ3n) is 7.29. The van der Waals surface area contributed by atoms with Crippen molar-refractivity contribution >= 4 is 27.8 Å². The van der Waals surface area contributed by atoms with Crippen LogP contribution in [-0.2, 0) is 29.0 Å². The van der Waals surface area contributed by atoms with Gasteiger partial charge in [-0.2, -0.15) is 0 Å². The average Bonchev–Trinajstić information content (AvgIpc) is 3.19. The third kappa shape index (κ3) is 5.74. The van der Waals surface area contributed by atoms with Crippen molar-refractivity contribution in [1.82, 2.24) is 19.4 Å². The molecule has 0 radical (unpaired) electrons. The molecule has 200 valence electrons. The minimum Gasteiger partial charge on any atom is -0.459 e. The van der Waals surface area contributed by atoms with Crippen LogP contribution in [0.5, 0.6) is 0 Å². The van der Waals surface area contributed by atoms with Gasteiger partial charge in [-0.1, -0.05) is 24.3 Å². The van der Waals surface area contributed by atoms with Gasteiger partial charge in [-0.05, 0) is 89.7 Å². The first-order valence-corrected chi connectivity index (χ1v) is 13.8. The highest BCUT2D eigenvalue weighted by Crippen LogP contribution is 2.35. The SMILES string of the molecule is CC(C)(C)OC(=O)Cn1c2ccccc2c2cc(CN(CCCCN)[C@H]3CCCc4cccnc43)ncc21. The molecule has 2 N–H and O–H groups in total. The molecular weight excluding hydrogens is 474 g/mol. The van der Waals surface area contributed by atoms with Crippen LogP contribution in [0.2, 0.25) is 0 Å². The molecule has 0 bridgehead atoms. The summed E-state index contributed by atoms with van der Waals surface area (Å²) in [4.78, 5) is 25.0. The fourth-order valence-corrected chi connectivity index (χ4v) is 5.70. The number of hydrogen-bond donors (Lipinski definition) is 1. The number of carbonyl (C=O) groups excluding carboxylic acids is 1. The summed E-state index contributed by atoms with van der Waals surface area (Å²) in [6, 6.07) is 15.0. The first-order valence-electron chi connectivity index (χ1n) is 13.8. The summed E-state index contributed by atoms with van der Waals surface area (Å²) in [6.07, 6.45) is 9.25. The van der Waals surface area contributed by atoms with Crippen molar-refractivity contribution < 1.29 is 9.53 Å². The first-order chi connectivity index (χ1) is 18.3. The largest absolute Gasteiger partial charge is 0.459 e. The molecule has 1 aliphatic rings. The summed E-state index contributed by atoms with van der Waals surface area (Å²) < 4.78 is 7.65. The number of esters is 1. The van der Waals surface area contributed by atoms with E-state index < -0.39 is 5.60 Å². The second-order valence-corrected chi connectivity index (χ2v) is 11.3. The number of ether oxygens (including phenoxy) is 1. The van der Waals surface area contributed by atoms with E-state index in [1.54, 1.807) is 0 Å². The monoisotopic (exact) mass is 513 g/mol. The molecule has 0 saturated heterocycles. The number of rotatable bonds is 9. The Morgan fingerprint density at radius 1 is 1.11 bits per heavy atom. The molecule has 0 aliphatic heterocycles. The number of aryl methyl sites for hydroxylation is 1. The Bertz CT molecular complexity index is 1420. The van der Waals surface area contributed by atoms with Crippen molar-refractivity contribution in [3.8, 4) is 0 Å². The minimum absolute atomic E-state index is 0.151. The molecule has 3 aromatic heterocycles. The van der Waals surface area contributed by atoms with Gasteiger partial charge in [0.25, 0.3) is 0 Å². The first kappa shape index (κ1) is 26.3. The molecule has 0 amide bonds. The number of nitrogens with zero attached hydrogens (tertiary/aromatic N) is 4. The molecular formula is C31H39N5O2. The standard InChI is InChI=1S/C31H39N5O2/c1-31(2,3)38-29(37)21-36-26-13-5-4-12-24(26)25-18-23(34-19-28(25)36)20-35(17-7-6-15-32)27-14-8-10-22-11-9-16-33-30(22)27/h4-5,9,11-13,16,18-19,27H,6-8,10,14-15,17,20-21,32H2,1-3H3/t27-/m0/s1. The summed E-state index contributed by atoms with van der Waals surface area (Å²) in [5.74, 6) is -0.251. The van der Waals surface area contributed by atoms with Gasteiger partial charge in [-0.15, -0.1) is 0 Å². The minimum atomic E-state index is -0.527. The van der Waals surface area contributed by atoms with E-state index in [9.17, 15) is 4.79 Å². The van der Waals surface area contributed by atoms with Crippen LogP contribution in [0.4, 0.5) is 0 Å². The highest BCUT2D eigenvalue weighted by Gasteiger charge is 2.27. The summed E-state index contributed by atoms with van der Waals surface area (Å²) in [6.45, 7) is 8.23. The van der Waals surface area contributed by atoms with E-state index >= 15 is 0 Å². The predicted octanol–water partition coefficient (Wildman–Crippen LogP) is 5.54. The smallest absolute Gasteiger partial charge is 0.326 e. The van der Waals surface area contributed by atoms with Crippen LogP contribution in [0.15, 0.2) is 54.9 Å². The Labute approximate surface area is 225 Å². The highest BCUT2D eigenvalue weighted by molar-refractivity contribution is 6.08. The fraction of sp³-hybridized carbons (Fsp3) is 0.452. The highest BCUT2D eigenvalue weighted by atomic mass is 16.6. The van der Waals surface area contributed by atoms with Crippen LogP contribution < -0.4 is 5.73 Å². The fourth-order valence-electron chi connectivity index (χ4n) is 5.70. The summed E-state index contributed by atoms with van der Waals surface area (Å²) in [5, 5.41) is 2.23. The van der Waals surface area contributed by atoms with Crippen molar-refractivity contribution in [2.24, 2.45) is 5.73 Å². The Balaban J connectivity index is 1.48. The van der Waals surface area contributed by atoms with Crippen molar-refractivity contribution in [2.45, 2.75) is 77.6 Å². The quantitative estimate of drug-likeness (QED) is 0.233. The lowest BCUT2D eigenvalue weighted by Crippen LogP contribution is -2.33. The molecule has 1 aliphatic carbocycles. The average molecular weight is 514 g/mol. The van der Waals surface area contributed by atoms with Crippen LogP contribution in [0, 0.1) is 0 Å². The van der Waals surface area contributed by atoms with Gasteiger partial charge in [0.15, 0.2) is 0 Å². The second-order valence-electron chi connectivity index (χ2n) is 11.3. The molecule has 3 heterocycles. The molecule has 0 unspecified atom stereocenters. The predicted molar refractivity (Wildman–Crippen MR) is 152 cm³/mol. The van der Waals surface area contributed by atoms with Gasteiger partial charge in [0.05, 0.1) is 29.1 Å². The van der Waals surface area contributed by atoms with Gasteiger partial charge < -0.3 is 15.0 Å². The van der Waals surface area contributed by atoms with Gasteiger partial charge in [-0.3, -0.25) is 19.7 Å². The van der Waals surface area contributed by atoms with Crippen molar-refractivity contribution in [1.29, 1.82) is 0 Å². The van der Waals surface area contributed by atoms with Gasteiger partial charge in [-0.25, -0.2) is 0 Å². The zero-order valence-corrected chi connectivity index (χ0v) is 22.8. The van der Waals surface area contributed by atoms with Crippen molar-refractivity contribution in [2.75, 3.05) is 13.1 Å². The number of aromatic nitrogens is 3. The molecule has 7 nitrogen and oxygen atoms in total. The maximum Gasteiger partial charge on any atom is 0.326 e. The number of fused-ring (bicyclic) bond motifs is 4.